The van der Waals surface area contributed by atoms with Crippen LogP contribution >= 0.6 is 11.8 Å². The number of fused-ring (bicyclic) bond motifs is 1. The second kappa shape index (κ2) is 7.08. The Morgan fingerprint density at radius 3 is 2.56 bits per heavy atom. The summed E-state index contributed by atoms with van der Waals surface area (Å²) in [4.78, 5) is 12.3. The van der Waals surface area contributed by atoms with Crippen molar-refractivity contribution >= 4 is 23.5 Å². The number of carbonyl (C=O) groups is 1. The molecule has 0 saturated carbocycles. The highest BCUT2D eigenvalue weighted by Crippen LogP contribution is 2.43. The van der Waals surface area contributed by atoms with Gasteiger partial charge in [0.1, 0.15) is 17.4 Å². The zero-order valence-electron chi connectivity index (χ0n) is 14.9. The maximum Gasteiger partial charge on any atom is 0.235 e. The number of hydrogen-bond acceptors (Lipinski definition) is 4. The molecule has 1 aliphatic rings. The highest BCUT2D eigenvalue weighted by Gasteiger charge is 2.30. The molecule has 2 aromatic carbocycles. The molecular weight excluding hydrogens is 365 g/mol. The highest BCUT2D eigenvalue weighted by atomic mass is 32.2. The molecule has 0 saturated heterocycles. The summed E-state index contributed by atoms with van der Waals surface area (Å²) >= 11 is 1.51. The molecule has 3 aromatic rings. The monoisotopic (exact) mass is 383 g/mol. The van der Waals surface area contributed by atoms with Gasteiger partial charge in [0, 0.05) is 5.56 Å². The molecule has 1 amide bonds. The maximum absolute atomic E-state index is 13.4. The number of carbonyl (C=O) groups excluding carboxylic acids is 1. The van der Waals surface area contributed by atoms with Crippen LogP contribution in [0.15, 0.2) is 48.5 Å². The van der Waals surface area contributed by atoms with Crippen LogP contribution in [-0.4, -0.2) is 28.6 Å². The van der Waals surface area contributed by atoms with Crippen LogP contribution in [-0.2, 0) is 4.79 Å². The number of aryl methyl sites for hydroxylation is 1. The number of methoxy groups -OCH3 is 1. The first-order chi connectivity index (χ1) is 13.1. The van der Waals surface area contributed by atoms with Crippen molar-refractivity contribution in [1.29, 1.82) is 0 Å². The molecule has 0 radical (unpaired) electrons. The second-order valence-electron chi connectivity index (χ2n) is 6.25. The Labute approximate surface area is 160 Å². The van der Waals surface area contributed by atoms with Crippen molar-refractivity contribution in [2.75, 3.05) is 18.2 Å². The molecule has 1 aromatic heterocycles. The Hall–Kier alpha value is -2.80. The average Bonchev–Trinajstić information content (AvgIpc) is 2.88. The first-order valence-electron chi connectivity index (χ1n) is 8.47. The third-order valence-corrected chi connectivity index (χ3v) is 5.77. The Kier molecular flexibility index (Phi) is 4.61. The molecule has 0 spiro atoms. The van der Waals surface area contributed by atoms with E-state index in [4.69, 9.17) is 4.74 Å². The van der Waals surface area contributed by atoms with Crippen LogP contribution in [0.2, 0.25) is 0 Å². The van der Waals surface area contributed by atoms with E-state index in [1.54, 1.807) is 23.9 Å². The number of thioether (sulfide) groups is 1. The van der Waals surface area contributed by atoms with E-state index in [9.17, 15) is 9.18 Å². The van der Waals surface area contributed by atoms with Gasteiger partial charge < -0.3 is 10.1 Å². The summed E-state index contributed by atoms with van der Waals surface area (Å²) in [6.07, 6.45) is 0. The number of rotatable bonds is 3. The van der Waals surface area contributed by atoms with Crippen molar-refractivity contribution in [2.24, 2.45) is 0 Å². The fourth-order valence-electron chi connectivity index (χ4n) is 3.19. The summed E-state index contributed by atoms with van der Waals surface area (Å²) < 4.78 is 20.3. The number of benzene rings is 2. The predicted molar refractivity (Wildman–Crippen MR) is 104 cm³/mol. The predicted octanol–water partition coefficient (Wildman–Crippen LogP) is 4.10. The van der Waals surface area contributed by atoms with E-state index >= 15 is 0 Å². The van der Waals surface area contributed by atoms with Crippen LogP contribution in [0.3, 0.4) is 0 Å². The molecule has 5 nitrogen and oxygen atoms in total. The fourth-order valence-corrected chi connectivity index (χ4v) is 4.38. The van der Waals surface area contributed by atoms with E-state index in [2.05, 4.69) is 10.4 Å². The van der Waals surface area contributed by atoms with Gasteiger partial charge in [0.05, 0.1) is 29.5 Å². The van der Waals surface area contributed by atoms with Gasteiger partial charge >= 0.3 is 0 Å². The smallest absolute Gasteiger partial charge is 0.235 e. The minimum Gasteiger partial charge on any atom is -0.497 e. The summed E-state index contributed by atoms with van der Waals surface area (Å²) in [5, 5.41) is 7.54. The minimum absolute atomic E-state index is 0.0828. The highest BCUT2D eigenvalue weighted by molar-refractivity contribution is 8.00. The zero-order chi connectivity index (χ0) is 19.0. The summed E-state index contributed by atoms with van der Waals surface area (Å²) in [6.45, 7) is 1.92. The number of nitrogens with zero attached hydrogens (tertiary/aromatic N) is 2. The topological polar surface area (TPSA) is 56.1 Å². The van der Waals surface area contributed by atoms with Crippen molar-refractivity contribution in [2.45, 2.75) is 12.2 Å². The van der Waals surface area contributed by atoms with Gasteiger partial charge in [-0.05, 0) is 48.9 Å². The van der Waals surface area contributed by atoms with Crippen molar-refractivity contribution in [3.63, 3.8) is 0 Å². The zero-order valence-corrected chi connectivity index (χ0v) is 15.7. The number of amides is 1. The molecule has 2 heterocycles. The SMILES string of the molecule is COc1ccc(-n2nc(C)c3c2NC(=O)CS[C@H]3c2ccc(F)cc2)cc1. The molecule has 0 bridgehead atoms. The Morgan fingerprint density at radius 1 is 1.19 bits per heavy atom. The van der Waals surface area contributed by atoms with Crippen molar-refractivity contribution < 1.29 is 13.9 Å². The van der Waals surface area contributed by atoms with Gasteiger partial charge in [-0.25, -0.2) is 9.07 Å². The van der Waals surface area contributed by atoms with E-state index < -0.39 is 0 Å². The summed E-state index contributed by atoms with van der Waals surface area (Å²) in [5.74, 6) is 1.36. The van der Waals surface area contributed by atoms with Gasteiger partial charge in [-0.2, -0.15) is 5.10 Å². The quantitative estimate of drug-likeness (QED) is 0.740. The first-order valence-corrected chi connectivity index (χ1v) is 9.52. The van der Waals surface area contributed by atoms with Gasteiger partial charge in [-0.3, -0.25) is 4.79 Å². The molecule has 138 valence electrons. The van der Waals surface area contributed by atoms with E-state index in [0.29, 0.717) is 11.6 Å². The third kappa shape index (κ3) is 3.30. The number of ether oxygens (including phenoxy) is 1. The van der Waals surface area contributed by atoms with Gasteiger partial charge in [0.2, 0.25) is 5.91 Å². The molecule has 0 fully saturated rings. The van der Waals surface area contributed by atoms with Crippen LogP contribution in [0.4, 0.5) is 10.2 Å². The lowest BCUT2D eigenvalue weighted by molar-refractivity contribution is -0.113. The molecule has 1 aliphatic heterocycles. The van der Waals surface area contributed by atoms with Gasteiger partial charge in [-0.15, -0.1) is 11.8 Å². The minimum atomic E-state index is -0.280. The molecule has 0 unspecified atom stereocenters. The normalized spacial score (nSPS) is 16.4. The Morgan fingerprint density at radius 2 is 1.89 bits per heavy atom. The lowest BCUT2D eigenvalue weighted by Crippen LogP contribution is -2.15. The number of halogens is 1. The molecule has 4 rings (SSSR count). The number of nitrogens with one attached hydrogen (secondary N) is 1. The summed E-state index contributed by atoms with van der Waals surface area (Å²) in [5.41, 5.74) is 3.53. The van der Waals surface area contributed by atoms with E-state index in [1.165, 1.54) is 23.9 Å². The molecular formula is C20H18FN3O2S. The maximum atomic E-state index is 13.4. The number of anilines is 1. The van der Waals surface area contributed by atoms with Gasteiger partial charge in [0.15, 0.2) is 0 Å². The van der Waals surface area contributed by atoms with Gasteiger partial charge in [0.25, 0.3) is 0 Å². The number of hydrogen-bond donors (Lipinski definition) is 1. The molecule has 1 atom stereocenters. The number of aromatic nitrogens is 2. The third-order valence-electron chi connectivity index (χ3n) is 4.50. The largest absolute Gasteiger partial charge is 0.497 e. The molecule has 27 heavy (non-hydrogen) atoms. The lowest BCUT2D eigenvalue weighted by atomic mass is 10.0. The fraction of sp³-hybridized carbons (Fsp3) is 0.200. The van der Waals surface area contributed by atoms with Crippen LogP contribution < -0.4 is 10.1 Å². The summed E-state index contributed by atoms with van der Waals surface area (Å²) in [7, 11) is 1.61. The second-order valence-corrected chi connectivity index (χ2v) is 7.34. The van der Waals surface area contributed by atoms with Crippen LogP contribution in [0.25, 0.3) is 5.69 Å². The van der Waals surface area contributed by atoms with Crippen molar-refractivity contribution in [1.82, 2.24) is 9.78 Å². The van der Waals surface area contributed by atoms with E-state index in [0.717, 1.165) is 28.3 Å². The Balaban J connectivity index is 1.84. The van der Waals surface area contributed by atoms with Crippen molar-refractivity contribution in [3.8, 4) is 11.4 Å². The van der Waals surface area contributed by atoms with Crippen LogP contribution in [0.1, 0.15) is 22.1 Å². The average molecular weight is 383 g/mol. The van der Waals surface area contributed by atoms with Gasteiger partial charge in [-0.1, -0.05) is 12.1 Å². The molecule has 1 N–H and O–H groups in total. The van der Waals surface area contributed by atoms with E-state index in [-0.39, 0.29) is 17.0 Å². The van der Waals surface area contributed by atoms with Crippen LogP contribution in [0.5, 0.6) is 5.75 Å². The summed E-state index contributed by atoms with van der Waals surface area (Å²) in [6, 6.07) is 13.9. The van der Waals surface area contributed by atoms with E-state index in [1.807, 2.05) is 31.2 Å². The first kappa shape index (κ1) is 17.6. The van der Waals surface area contributed by atoms with Crippen LogP contribution in [0, 0.1) is 12.7 Å². The lowest BCUT2D eigenvalue weighted by Gasteiger charge is -2.15. The molecule has 7 heteroatoms. The molecule has 0 aliphatic carbocycles. The Bertz CT molecular complexity index is 984. The van der Waals surface area contributed by atoms with Crippen molar-refractivity contribution in [3.05, 3.63) is 71.2 Å². The standard InChI is InChI=1S/C20H18FN3O2S/c1-12-18-19(13-3-5-14(21)6-4-13)27-11-17(25)22-20(18)24(23-12)15-7-9-16(26-2)10-8-15/h3-10,19H,11H2,1-2H3,(H,22,25)/t19-/m0/s1.